The summed E-state index contributed by atoms with van der Waals surface area (Å²) in [5.74, 6) is -0.446. The van der Waals surface area contributed by atoms with Gasteiger partial charge in [-0.2, -0.15) is 0 Å². The van der Waals surface area contributed by atoms with E-state index in [1.165, 1.54) is 19.2 Å². The van der Waals surface area contributed by atoms with Crippen LogP contribution < -0.4 is 4.74 Å². The Morgan fingerprint density at radius 3 is 2.32 bits per heavy atom. The number of ether oxygens (including phenoxy) is 1. The van der Waals surface area contributed by atoms with Crippen LogP contribution in [0.2, 0.25) is 0 Å². The molecule has 0 heterocycles. The van der Waals surface area contributed by atoms with Crippen molar-refractivity contribution in [1.82, 2.24) is 4.90 Å². The van der Waals surface area contributed by atoms with Crippen LogP contribution in [0.3, 0.4) is 0 Å². The van der Waals surface area contributed by atoms with Gasteiger partial charge in [0.25, 0.3) is 0 Å². The van der Waals surface area contributed by atoms with E-state index < -0.39 is 11.4 Å². The molecule has 0 aliphatic rings. The van der Waals surface area contributed by atoms with Gasteiger partial charge in [0.2, 0.25) is 0 Å². The summed E-state index contributed by atoms with van der Waals surface area (Å²) < 4.78 is 18.5. The molecule has 0 saturated carbocycles. The summed E-state index contributed by atoms with van der Waals surface area (Å²) in [5, 5.41) is 0. The molecule has 0 fully saturated rings. The molecule has 0 unspecified atom stereocenters. The average Bonchev–Trinajstić information content (AvgIpc) is 2.38. The molecule has 0 saturated heterocycles. The molecule has 0 aliphatic heterocycles. The van der Waals surface area contributed by atoms with Gasteiger partial charge in [0.1, 0.15) is 0 Å². The number of ketones is 1. The summed E-state index contributed by atoms with van der Waals surface area (Å²) in [6, 6.07) is 4.34. The van der Waals surface area contributed by atoms with E-state index in [4.69, 9.17) is 4.74 Å². The largest absolute Gasteiger partial charge is 0.494 e. The zero-order chi connectivity index (χ0) is 14.6. The molecular formula is C15H22FNO2. The Hall–Kier alpha value is -1.42. The maximum Gasteiger partial charge on any atom is 0.182 e. The third-order valence-corrected chi connectivity index (χ3v) is 3.52. The van der Waals surface area contributed by atoms with Crippen molar-refractivity contribution in [3.63, 3.8) is 0 Å². The summed E-state index contributed by atoms with van der Waals surface area (Å²) in [6.45, 7) is 9.29. The van der Waals surface area contributed by atoms with Crippen molar-refractivity contribution in [1.29, 1.82) is 0 Å². The minimum atomic E-state index is -0.648. The van der Waals surface area contributed by atoms with Gasteiger partial charge in [-0.25, -0.2) is 4.39 Å². The lowest BCUT2D eigenvalue weighted by atomic mass is 9.91. The Morgan fingerprint density at radius 2 is 1.89 bits per heavy atom. The van der Waals surface area contributed by atoms with Crippen LogP contribution in [-0.2, 0) is 0 Å². The molecule has 1 aromatic rings. The number of halogens is 1. The van der Waals surface area contributed by atoms with E-state index in [1.54, 1.807) is 6.07 Å². The third-order valence-electron chi connectivity index (χ3n) is 3.52. The standard InChI is InChI=1S/C15H22FNO2/c1-6-17(7-2)15(3,4)14(18)11-8-9-13(19-5)12(16)10-11/h8-10H,6-7H2,1-5H3. The maximum atomic E-state index is 13.7. The van der Waals surface area contributed by atoms with Crippen LogP contribution in [0.25, 0.3) is 0 Å². The number of nitrogens with zero attached hydrogens (tertiary/aromatic N) is 1. The van der Waals surface area contributed by atoms with E-state index in [9.17, 15) is 9.18 Å². The summed E-state index contributed by atoms with van der Waals surface area (Å²) >= 11 is 0. The SMILES string of the molecule is CCN(CC)C(C)(C)C(=O)c1ccc(OC)c(F)c1. The van der Waals surface area contributed by atoms with Crippen LogP contribution >= 0.6 is 0 Å². The Balaban J connectivity index is 3.09. The third kappa shape index (κ3) is 3.13. The minimum absolute atomic E-state index is 0.0854. The molecule has 1 rings (SSSR count). The number of likely N-dealkylation sites (N-methyl/N-ethyl adjacent to an activating group) is 1. The quantitative estimate of drug-likeness (QED) is 0.742. The van der Waals surface area contributed by atoms with Crippen LogP contribution in [0.5, 0.6) is 5.75 Å². The molecule has 4 heteroatoms. The number of methoxy groups -OCH3 is 1. The Kier molecular flexibility index (Phi) is 5.06. The fraction of sp³-hybridized carbons (Fsp3) is 0.533. The zero-order valence-corrected chi connectivity index (χ0v) is 12.3. The van der Waals surface area contributed by atoms with Gasteiger partial charge in [0.15, 0.2) is 17.3 Å². The lowest BCUT2D eigenvalue weighted by Gasteiger charge is -2.35. The maximum absolute atomic E-state index is 13.7. The first-order valence-electron chi connectivity index (χ1n) is 6.51. The number of rotatable bonds is 6. The van der Waals surface area contributed by atoms with Crippen LogP contribution in [0, 0.1) is 5.82 Å². The molecule has 0 radical (unpaired) electrons. The van der Waals surface area contributed by atoms with E-state index in [2.05, 4.69) is 4.90 Å². The minimum Gasteiger partial charge on any atom is -0.494 e. The van der Waals surface area contributed by atoms with E-state index in [0.29, 0.717) is 5.56 Å². The van der Waals surface area contributed by atoms with Crippen LogP contribution in [0.4, 0.5) is 4.39 Å². The van der Waals surface area contributed by atoms with Gasteiger partial charge < -0.3 is 4.74 Å². The van der Waals surface area contributed by atoms with Crippen molar-refractivity contribution < 1.29 is 13.9 Å². The normalized spacial score (nSPS) is 11.7. The molecule has 19 heavy (non-hydrogen) atoms. The first kappa shape index (κ1) is 15.6. The molecule has 0 spiro atoms. The highest BCUT2D eigenvalue weighted by Gasteiger charge is 2.33. The highest BCUT2D eigenvalue weighted by molar-refractivity contribution is 6.02. The molecule has 0 amide bonds. The highest BCUT2D eigenvalue weighted by atomic mass is 19.1. The number of hydrogen-bond acceptors (Lipinski definition) is 3. The number of benzene rings is 1. The van der Waals surface area contributed by atoms with Gasteiger partial charge in [0, 0.05) is 5.56 Å². The van der Waals surface area contributed by atoms with Gasteiger partial charge in [-0.05, 0) is 45.1 Å². The van der Waals surface area contributed by atoms with Crippen molar-refractivity contribution in [3.8, 4) is 5.75 Å². The summed E-state index contributed by atoms with van der Waals surface area (Å²) in [7, 11) is 1.40. The highest BCUT2D eigenvalue weighted by Crippen LogP contribution is 2.24. The lowest BCUT2D eigenvalue weighted by Crippen LogP contribution is -2.49. The molecule has 0 aromatic heterocycles. The summed E-state index contributed by atoms with van der Waals surface area (Å²) in [6.07, 6.45) is 0. The van der Waals surface area contributed by atoms with Gasteiger partial charge in [-0.1, -0.05) is 13.8 Å². The Labute approximate surface area is 114 Å². The van der Waals surface area contributed by atoms with E-state index in [-0.39, 0.29) is 11.5 Å². The fourth-order valence-electron chi connectivity index (χ4n) is 2.32. The second kappa shape index (κ2) is 6.15. The molecule has 106 valence electrons. The topological polar surface area (TPSA) is 29.5 Å². The van der Waals surface area contributed by atoms with E-state index in [0.717, 1.165) is 13.1 Å². The average molecular weight is 267 g/mol. The molecule has 0 bridgehead atoms. The van der Waals surface area contributed by atoms with E-state index >= 15 is 0 Å². The van der Waals surface area contributed by atoms with Crippen LogP contribution in [0.1, 0.15) is 38.1 Å². The van der Waals surface area contributed by atoms with Gasteiger partial charge in [0.05, 0.1) is 12.6 Å². The predicted octanol–water partition coefficient (Wildman–Crippen LogP) is 3.14. The van der Waals surface area contributed by atoms with Crippen molar-refractivity contribution in [3.05, 3.63) is 29.6 Å². The molecule has 1 aromatic carbocycles. The monoisotopic (exact) mass is 267 g/mol. The summed E-state index contributed by atoms with van der Waals surface area (Å²) in [4.78, 5) is 14.6. The number of hydrogen-bond donors (Lipinski definition) is 0. The van der Waals surface area contributed by atoms with Crippen molar-refractivity contribution in [2.24, 2.45) is 0 Å². The molecule has 0 N–H and O–H groups in total. The zero-order valence-electron chi connectivity index (χ0n) is 12.3. The molecule has 3 nitrogen and oxygen atoms in total. The second-order valence-electron chi connectivity index (χ2n) is 4.91. The fourth-order valence-corrected chi connectivity index (χ4v) is 2.32. The Bertz CT molecular complexity index is 453. The van der Waals surface area contributed by atoms with Gasteiger partial charge in [-0.3, -0.25) is 9.69 Å². The number of carbonyl (C=O) groups is 1. The van der Waals surface area contributed by atoms with Crippen LogP contribution in [0.15, 0.2) is 18.2 Å². The summed E-state index contributed by atoms with van der Waals surface area (Å²) in [5.41, 5.74) is -0.278. The number of Topliss-reactive ketones (excluding diaryl/α,β-unsaturated/α-hetero) is 1. The van der Waals surface area contributed by atoms with Crippen molar-refractivity contribution in [2.45, 2.75) is 33.2 Å². The first-order chi connectivity index (χ1) is 8.88. The Morgan fingerprint density at radius 1 is 1.32 bits per heavy atom. The van der Waals surface area contributed by atoms with Crippen molar-refractivity contribution in [2.75, 3.05) is 20.2 Å². The molecule has 0 aliphatic carbocycles. The smallest absolute Gasteiger partial charge is 0.182 e. The number of carbonyl (C=O) groups excluding carboxylic acids is 1. The van der Waals surface area contributed by atoms with Gasteiger partial charge in [-0.15, -0.1) is 0 Å². The predicted molar refractivity (Wildman–Crippen MR) is 74.3 cm³/mol. The molecular weight excluding hydrogens is 245 g/mol. The van der Waals surface area contributed by atoms with Crippen LogP contribution in [-0.4, -0.2) is 36.4 Å². The van der Waals surface area contributed by atoms with Crippen molar-refractivity contribution >= 4 is 5.78 Å². The lowest BCUT2D eigenvalue weighted by molar-refractivity contribution is 0.0668. The second-order valence-corrected chi connectivity index (χ2v) is 4.91. The van der Waals surface area contributed by atoms with E-state index in [1.807, 2.05) is 27.7 Å². The van der Waals surface area contributed by atoms with Gasteiger partial charge >= 0.3 is 0 Å². The first-order valence-corrected chi connectivity index (χ1v) is 6.51. The molecule has 0 atom stereocenters.